The molecule has 1 rings (SSSR count). The summed E-state index contributed by atoms with van der Waals surface area (Å²) in [5.41, 5.74) is 4.32. The molecule has 0 spiro atoms. The molecular weight excluding hydrogens is 273 g/mol. The second-order valence-corrected chi connectivity index (χ2v) is 4.68. The van der Waals surface area contributed by atoms with Crippen LogP contribution in [0, 0.1) is 0 Å². The molecule has 4 nitrogen and oxygen atoms in total. The monoisotopic (exact) mass is 290 g/mol. The third-order valence-electron chi connectivity index (χ3n) is 2.41. The lowest BCUT2D eigenvalue weighted by molar-refractivity contribution is -0.140. The standard InChI is InChI=1S/C13H17F3N2O2/c1-7(2)18-12(19)8(3)20-11-5-4-9(17)6-10(11)13(14,15)16/h4-8H,17H2,1-3H3,(H,18,19). The average molecular weight is 290 g/mol. The first-order chi connectivity index (χ1) is 9.11. The quantitative estimate of drug-likeness (QED) is 0.838. The molecule has 0 fully saturated rings. The van der Waals surface area contributed by atoms with Crippen molar-refractivity contribution in [2.24, 2.45) is 0 Å². The SMILES string of the molecule is CC(C)NC(=O)C(C)Oc1ccc(N)cc1C(F)(F)F. The molecule has 1 amide bonds. The lowest BCUT2D eigenvalue weighted by Crippen LogP contribution is -2.40. The maximum absolute atomic E-state index is 12.9. The average Bonchev–Trinajstić information content (AvgIpc) is 2.29. The summed E-state index contributed by atoms with van der Waals surface area (Å²) >= 11 is 0. The summed E-state index contributed by atoms with van der Waals surface area (Å²) in [5, 5.41) is 2.56. The zero-order valence-corrected chi connectivity index (χ0v) is 11.4. The van der Waals surface area contributed by atoms with Gasteiger partial charge in [0.2, 0.25) is 0 Å². The van der Waals surface area contributed by atoms with Gasteiger partial charge in [-0.05, 0) is 39.0 Å². The zero-order chi connectivity index (χ0) is 15.5. The van der Waals surface area contributed by atoms with Crippen LogP contribution in [0.1, 0.15) is 26.3 Å². The molecular formula is C13H17F3N2O2. The van der Waals surface area contributed by atoms with Gasteiger partial charge in [0.15, 0.2) is 6.10 Å². The van der Waals surface area contributed by atoms with Gasteiger partial charge < -0.3 is 15.8 Å². The Balaban J connectivity index is 2.95. The van der Waals surface area contributed by atoms with E-state index in [-0.39, 0.29) is 11.7 Å². The van der Waals surface area contributed by atoms with Crippen molar-refractivity contribution in [3.8, 4) is 5.75 Å². The van der Waals surface area contributed by atoms with E-state index < -0.39 is 29.5 Å². The van der Waals surface area contributed by atoms with Crippen LogP contribution in [0.3, 0.4) is 0 Å². The molecule has 0 bridgehead atoms. The van der Waals surface area contributed by atoms with Crippen LogP contribution in [-0.2, 0) is 11.0 Å². The normalized spacial score (nSPS) is 13.2. The maximum atomic E-state index is 12.9. The molecule has 0 aliphatic carbocycles. The molecule has 0 heterocycles. The highest BCUT2D eigenvalue weighted by Crippen LogP contribution is 2.37. The number of nitrogen functional groups attached to an aromatic ring is 1. The summed E-state index contributed by atoms with van der Waals surface area (Å²) in [4.78, 5) is 11.6. The molecule has 0 saturated heterocycles. The Bertz CT molecular complexity index is 487. The molecule has 0 aliphatic heterocycles. The van der Waals surface area contributed by atoms with E-state index in [0.717, 1.165) is 12.1 Å². The van der Waals surface area contributed by atoms with Gasteiger partial charge in [-0.1, -0.05) is 0 Å². The van der Waals surface area contributed by atoms with Crippen LogP contribution >= 0.6 is 0 Å². The second kappa shape index (κ2) is 6.02. The van der Waals surface area contributed by atoms with E-state index in [2.05, 4.69) is 5.32 Å². The van der Waals surface area contributed by atoms with Gasteiger partial charge in [-0.25, -0.2) is 0 Å². The Morgan fingerprint density at radius 1 is 1.30 bits per heavy atom. The van der Waals surface area contributed by atoms with Crippen molar-refractivity contribution in [2.45, 2.75) is 39.1 Å². The number of alkyl halides is 3. The molecule has 0 saturated carbocycles. The fraction of sp³-hybridized carbons (Fsp3) is 0.462. The van der Waals surface area contributed by atoms with E-state index in [1.807, 2.05) is 0 Å². The minimum absolute atomic E-state index is 0.0241. The van der Waals surface area contributed by atoms with Crippen molar-refractivity contribution in [3.63, 3.8) is 0 Å². The molecule has 1 unspecified atom stereocenters. The van der Waals surface area contributed by atoms with Crippen LogP contribution in [-0.4, -0.2) is 18.1 Å². The highest BCUT2D eigenvalue weighted by atomic mass is 19.4. The van der Waals surface area contributed by atoms with E-state index in [0.29, 0.717) is 0 Å². The topological polar surface area (TPSA) is 64.3 Å². The molecule has 112 valence electrons. The van der Waals surface area contributed by atoms with E-state index in [9.17, 15) is 18.0 Å². The fourth-order valence-corrected chi connectivity index (χ4v) is 1.52. The molecule has 7 heteroatoms. The Kier molecular flexibility index (Phi) is 4.86. The van der Waals surface area contributed by atoms with Crippen molar-refractivity contribution in [1.82, 2.24) is 5.32 Å². The first-order valence-corrected chi connectivity index (χ1v) is 6.05. The largest absolute Gasteiger partial charge is 0.480 e. The molecule has 1 aromatic carbocycles. The Morgan fingerprint density at radius 2 is 1.90 bits per heavy atom. The lowest BCUT2D eigenvalue weighted by atomic mass is 10.1. The number of hydrogen-bond acceptors (Lipinski definition) is 3. The van der Waals surface area contributed by atoms with Gasteiger partial charge in [0.05, 0.1) is 5.56 Å². The van der Waals surface area contributed by atoms with E-state index >= 15 is 0 Å². The molecule has 20 heavy (non-hydrogen) atoms. The van der Waals surface area contributed by atoms with Crippen molar-refractivity contribution in [1.29, 1.82) is 0 Å². The summed E-state index contributed by atoms with van der Waals surface area (Å²) < 4.78 is 43.7. The van der Waals surface area contributed by atoms with E-state index in [1.54, 1.807) is 13.8 Å². The summed E-state index contributed by atoms with van der Waals surface area (Å²) in [5.74, 6) is -0.900. The highest BCUT2D eigenvalue weighted by molar-refractivity contribution is 5.81. The van der Waals surface area contributed by atoms with Crippen molar-refractivity contribution >= 4 is 11.6 Å². The van der Waals surface area contributed by atoms with Crippen LogP contribution in [0.4, 0.5) is 18.9 Å². The highest BCUT2D eigenvalue weighted by Gasteiger charge is 2.35. The number of rotatable bonds is 4. The van der Waals surface area contributed by atoms with Gasteiger partial charge in [0, 0.05) is 11.7 Å². The van der Waals surface area contributed by atoms with Crippen LogP contribution < -0.4 is 15.8 Å². The predicted octanol–water partition coefficient (Wildman–Crippen LogP) is 2.58. The lowest BCUT2D eigenvalue weighted by Gasteiger charge is -2.19. The number of ether oxygens (including phenoxy) is 1. The smallest absolute Gasteiger partial charge is 0.420 e. The van der Waals surface area contributed by atoms with Crippen molar-refractivity contribution in [2.75, 3.05) is 5.73 Å². The number of hydrogen-bond donors (Lipinski definition) is 2. The Labute approximate surface area is 115 Å². The first kappa shape index (κ1) is 16.1. The number of nitrogens with one attached hydrogen (secondary N) is 1. The molecule has 0 radical (unpaired) electrons. The van der Waals surface area contributed by atoms with Crippen LogP contribution in [0.2, 0.25) is 0 Å². The number of carbonyl (C=O) groups is 1. The van der Waals surface area contributed by atoms with Gasteiger partial charge in [-0.2, -0.15) is 13.2 Å². The summed E-state index contributed by atoms with van der Waals surface area (Å²) in [6.45, 7) is 4.87. The van der Waals surface area contributed by atoms with Gasteiger partial charge in [-0.3, -0.25) is 4.79 Å². The van der Waals surface area contributed by atoms with Gasteiger partial charge in [0.1, 0.15) is 5.75 Å². The summed E-state index contributed by atoms with van der Waals surface area (Å²) in [6, 6.07) is 3.05. The Morgan fingerprint density at radius 3 is 2.40 bits per heavy atom. The molecule has 1 aromatic rings. The summed E-state index contributed by atoms with van der Waals surface area (Å²) in [6.07, 6.45) is -5.64. The maximum Gasteiger partial charge on any atom is 0.420 e. The van der Waals surface area contributed by atoms with Gasteiger partial charge in [0.25, 0.3) is 5.91 Å². The number of nitrogens with two attached hydrogens (primary N) is 1. The van der Waals surface area contributed by atoms with Crippen molar-refractivity contribution in [3.05, 3.63) is 23.8 Å². The van der Waals surface area contributed by atoms with E-state index in [1.165, 1.54) is 13.0 Å². The third kappa shape index (κ3) is 4.32. The number of amides is 1. The van der Waals surface area contributed by atoms with Crippen LogP contribution in [0.25, 0.3) is 0 Å². The third-order valence-corrected chi connectivity index (χ3v) is 2.41. The first-order valence-electron chi connectivity index (χ1n) is 6.05. The van der Waals surface area contributed by atoms with Gasteiger partial charge >= 0.3 is 6.18 Å². The van der Waals surface area contributed by atoms with Crippen LogP contribution in [0.5, 0.6) is 5.75 Å². The van der Waals surface area contributed by atoms with Crippen molar-refractivity contribution < 1.29 is 22.7 Å². The number of anilines is 1. The Hall–Kier alpha value is -1.92. The minimum Gasteiger partial charge on any atom is -0.480 e. The second-order valence-electron chi connectivity index (χ2n) is 4.68. The molecule has 0 aromatic heterocycles. The zero-order valence-electron chi connectivity index (χ0n) is 11.4. The number of carbonyl (C=O) groups excluding carboxylic acids is 1. The molecule has 1 atom stereocenters. The predicted molar refractivity (Wildman–Crippen MR) is 69.2 cm³/mol. The fourth-order valence-electron chi connectivity index (χ4n) is 1.52. The van der Waals surface area contributed by atoms with E-state index in [4.69, 9.17) is 10.5 Å². The molecule has 0 aliphatic rings. The summed E-state index contributed by atoms with van der Waals surface area (Å²) in [7, 11) is 0. The number of benzene rings is 1. The molecule has 3 N–H and O–H groups in total. The minimum atomic E-state index is -4.60. The van der Waals surface area contributed by atoms with Gasteiger partial charge in [-0.15, -0.1) is 0 Å². The van der Waals surface area contributed by atoms with Crippen LogP contribution in [0.15, 0.2) is 18.2 Å². The number of halogens is 3.